The number of amides is 1. The third kappa shape index (κ3) is 7.50. The molecule has 1 unspecified atom stereocenters. The van der Waals surface area contributed by atoms with Gasteiger partial charge >= 0.3 is 0 Å². The van der Waals surface area contributed by atoms with Crippen molar-refractivity contribution < 1.29 is 9.90 Å². The molecule has 1 aliphatic rings. The summed E-state index contributed by atoms with van der Waals surface area (Å²) < 4.78 is 0. The molecule has 0 aromatic carbocycles. The van der Waals surface area contributed by atoms with Crippen molar-refractivity contribution in [3.05, 3.63) is 0 Å². The number of aliphatic hydroxyl groups is 1. The first-order valence-electron chi connectivity index (χ1n) is 7.26. The Hall–Kier alpha value is -0.650. The number of carbonyl (C=O) groups is 1. The molecule has 3 N–H and O–H groups in total. The highest BCUT2D eigenvalue weighted by molar-refractivity contribution is 5.78. The fourth-order valence-electron chi connectivity index (χ4n) is 2.71. The molecular formula is C14H29N3O2. The van der Waals surface area contributed by atoms with Gasteiger partial charge in [-0.1, -0.05) is 19.3 Å². The van der Waals surface area contributed by atoms with Crippen LogP contribution in [0.2, 0.25) is 0 Å². The van der Waals surface area contributed by atoms with Crippen molar-refractivity contribution >= 4 is 5.91 Å². The van der Waals surface area contributed by atoms with Crippen LogP contribution in [0.15, 0.2) is 0 Å². The summed E-state index contributed by atoms with van der Waals surface area (Å²) in [5.74, 6) is 0.0348. The molecule has 0 bridgehead atoms. The van der Waals surface area contributed by atoms with Crippen LogP contribution in [0.4, 0.5) is 0 Å². The van der Waals surface area contributed by atoms with Crippen molar-refractivity contribution in [3.8, 4) is 0 Å². The predicted octanol–water partition coefficient (Wildman–Crippen LogP) is 0.338. The Kier molecular flexibility index (Phi) is 6.75. The molecule has 0 spiro atoms. The molecule has 0 saturated heterocycles. The van der Waals surface area contributed by atoms with Crippen LogP contribution < -0.4 is 10.6 Å². The van der Waals surface area contributed by atoms with Crippen molar-refractivity contribution in [1.29, 1.82) is 0 Å². The lowest BCUT2D eigenvalue weighted by molar-refractivity contribution is -0.121. The third-order valence-electron chi connectivity index (χ3n) is 3.42. The van der Waals surface area contributed by atoms with Crippen LogP contribution in [0.25, 0.3) is 0 Å². The summed E-state index contributed by atoms with van der Waals surface area (Å²) >= 11 is 0. The Labute approximate surface area is 116 Å². The van der Waals surface area contributed by atoms with Gasteiger partial charge in [0, 0.05) is 19.1 Å². The summed E-state index contributed by atoms with van der Waals surface area (Å²) in [6.45, 7) is 3.05. The Bertz CT molecular complexity index is 274. The highest BCUT2D eigenvalue weighted by Gasteiger charge is 2.21. The van der Waals surface area contributed by atoms with Crippen LogP contribution >= 0.6 is 0 Å². The Morgan fingerprint density at radius 3 is 2.53 bits per heavy atom. The smallest absolute Gasteiger partial charge is 0.234 e. The van der Waals surface area contributed by atoms with E-state index in [0.29, 0.717) is 19.1 Å². The van der Waals surface area contributed by atoms with Gasteiger partial charge in [0.05, 0.1) is 12.1 Å². The average molecular weight is 271 g/mol. The highest BCUT2D eigenvalue weighted by Crippen LogP contribution is 2.17. The second-order valence-corrected chi connectivity index (χ2v) is 6.24. The summed E-state index contributed by atoms with van der Waals surface area (Å²) in [5, 5.41) is 16.2. The Balaban J connectivity index is 2.15. The molecule has 0 aromatic heterocycles. The van der Waals surface area contributed by atoms with Crippen molar-refractivity contribution in [2.24, 2.45) is 0 Å². The molecule has 1 saturated carbocycles. The van der Waals surface area contributed by atoms with Crippen molar-refractivity contribution in [1.82, 2.24) is 15.5 Å². The molecule has 0 radical (unpaired) electrons. The van der Waals surface area contributed by atoms with Crippen molar-refractivity contribution in [2.75, 3.05) is 33.7 Å². The molecule has 5 heteroatoms. The maximum atomic E-state index is 11.8. The monoisotopic (exact) mass is 271 g/mol. The minimum Gasteiger partial charge on any atom is -0.388 e. The average Bonchev–Trinajstić information content (AvgIpc) is 2.28. The second kappa shape index (κ2) is 7.82. The number of hydrogen-bond donors (Lipinski definition) is 3. The van der Waals surface area contributed by atoms with Crippen LogP contribution in [0, 0.1) is 0 Å². The molecule has 1 fully saturated rings. The quantitative estimate of drug-likeness (QED) is 0.625. The number of nitrogens with one attached hydrogen (secondary N) is 2. The van der Waals surface area contributed by atoms with Gasteiger partial charge < -0.3 is 20.6 Å². The topological polar surface area (TPSA) is 64.6 Å². The summed E-state index contributed by atoms with van der Waals surface area (Å²) in [5.41, 5.74) is -0.811. The van der Waals surface area contributed by atoms with E-state index in [-0.39, 0.29) is 12.5 Å². The van der Waals surface area contributed by atoms with Crippen LogP contribution in [0.1, 0.15) is 39.0 Å². The van der Waals surface area contributed by atoms with Crippen LogP contribution in [0.3, 0.4) is 0 Å². The van der Waals surface area contributed by atoms with Gasteiger partial charge in [-0.2, -0.15) is 0 Å². The van der Waals surface area contributed by atoms with Crippen LogP contribution in [-0.2, 0) is 4.79 Å². The van der Waals surface area contributed by atoms with Gasteiger partial charge in [0.15, 0.2) is 0 Å². The summed E-state index contributed by atoms with van der Waals surface area (Å²) in [6, 6.07) is 0.352. The predicted molar refractivity (Wildman–Crippen MR) is 77.1 cm³/mol. The van der Waals surface area contributed by atoms with Gasteiger partial charge in [-0.3, -0.25) is 4.79 Å². The van der Waals surface area contributed by atoms with Gasteiger partial charge in [-0.25, -0.2) is 0 Å². The van der Waals surface area contributed by atoms with Gasteiger partial charge in [0.1, 0.15) is 0 Å². The molecule has 1 atom stereocenters. The first kappa shape index (κ1) is 16.4. The fourth-order valence-corrected chi connectivity index (χ4v) is 2.71. The number of nitrogens with zero attached hydrogens (tertiary/aromatic N) is 1. The molecular weight excluding hydrogens is 242 g/mol. The molecule has 112 valence electrons. The standard InChI is InChI=1S/C14H29N3O2/c1-14(19,11-17(2)3)10-15-9-13(18)16-12-7-5-4-6-8-12/h12,15,19H,4-11H2,1-3H3,(H,16,18). The normalized spacial score (nSPS) is 20.3. The zero-order valence-corrected chi connectivity index (χ0v) is 12.5. The van der Waals surface area contributed by atoms with E-state index in [1.165, 1.54) is 19.3 Å². The number of likely N-dealkylation sites (N-methyl/N-ethyl adjacent to an activating group) is 1. The lowest BCUT2D eigenvalue weighted by atomic mass is 9.95. The van der Waals surface area contributed by atoms with E-state index in [4.69, 9.17) is 0 Å². The maximum absolute atomic E-state index is 11.8. The van der Waals surface area contributed by atoms with E-state index in [1.54, 1.807) is 6.92 Å². The number of rotatable bonds is 7. The molecule has 0 aliphatic heterocycles. The molecule has 19 heavy (non-hydrogen) atoms. The first-order valence-corrected chi connectivity index (χ1v) is 7.26. The lowest BCUT2D eigenvalue weighted by Crippen LogP contribution is -2.48. The SMILES string of the molecule is CN(C)CC(C)(O)CNCC(=O)NC1CCCCC1. The molecule has 5 nitrogen and oxygen atoms in total. The fraction of sp³-hybridized carbons (Fsp3) is 0.929. The highest BCUT2D eigenvalue weighted by atomic mass is 16.3. The Morgan fingerprint density at radius 1 is 1.32 bits per heavy atom. The minimum absolute atomic E-state index is 0.0348. The van der Waals surface area contributed by atoms with E-state index < -0.39 is 5.60 Å². The van der Waals surface area contributed by atoms with Crippen molar-refractivity contribution in [3.63, 3.8) is 0 Å². The molecule has 1 aliphatic carbocycles. The largest absolute Gasteiger partial charge is 0.388 e. The van der Waals surface area contributed by atoms with Gasteiger partial charge in [-0.15, -0.1) is 0 Å². The van der Waals surface area contributed by atoms with E-state index in [2.05, 4.69) is 10.6 Å². The summed E-state index contributed by atoms with van der Waals surface area (Å²) in [7, 11) is 3.84. The van der Waals surface area contributed by atoms with Gasteiger partial charge in [0.25, 0.3) is 0 Å². The van der Waals surface area contributed by atoms with E-state index in [0.717, 1.165) is 12.8 Å². The van der Waals surface area contributed by atoms with Crippen LogP contribution in [0.5, 0.6) is 0 Å². The zero-order valence-electron chi connectivity index (χ0n) is 12.5. The molecule has 1 rings (SSSR count). The van der Waals surface area contributed by atoms with Gasteiger partial charge in [-0.05, 0) is 33.9 Å². The van der Waals surface area contributed by atoms with Crippen molar-refractivity contribution in [2.45, 2.75) is 50.7 Å². The van der Waals surface area contributed by atoms with Gasteiger partial charge in [0.2, 0.25) is 5.91 Å². The first-order chi connectivity index (χ1) is 8.89. The summed E-state index contributed by atoms with van der Waals surface area (Å²) in [6.07, 6.45) is 5.93. The van der Waals surface area contributed by atoms with E-state index in [1.807, 2.05) is 19.0 Å². The van der Waals surface area contributed by atoms with E-state index >= 15 is 0 Å². The maximum Gasteiger partial charge on any atom is 0.234 e. The molecule has 0 aromatic rings. The lowest BCUT2D eigenvalue weighted by Gasteiger charge is -2.27. The molecule has 0 heterocycles. The molecule has 1 amide bonds. The van der Waals surface area contributed by atoms with Crippen LogP contribution in [-0.4, -0.2) is 61.3 Å². The zero-order chi connectivity index (χ0) is 14.3. The summed E-state index contributed by atoms with van der Waals surface area (Å²) in [4.78, 5) is 13.7. The minimum atomic E-state index is -0.811. The van der Waals surface area contributed by atoms with E-state index in [9.17, 15) is 9.90 Å². The third-order valence-corrected chi connectivity index (χ3v) is 3.42. The Morgan fingerprint density at radius 2 is 1.95 bits per heavy atom. The number of carbonyl (C=O) groups excluding carboxylic acids is 1. The second-order valence-electron chi connectivity index (χ2n) is 6.24. The number of hydrogen-bond acceptors (Lipinski definition) is 4.